The lowest BCUT2D eigenvalue weighted by Crippen LogP contribution is -2.36. The highest BCUT2D eigenvalue weighted by molar-refractivity contribution is 5.69. The second-order valence-corrected chi connectivity index (χ2v) is 8.09. The molecule has 2 aliphatic carbocycles. The average Bonchev–Trinajstić information content (AvgIpc) is 3.04. The van der Waals surface area contributed by atoms with E-state index in [0.717, 1.165) is 37.8 Å². The number of hydrogen-bond donors (Lipinski definition) is 3. The zero-order valence-corrected chi connectivity index (χ0v) is 16.4. The van der Waals surface area contributed by atoms with Crippen molar-refractivity contribution in [3.05, 3.63) is 18.0 Å². The molecule has 2 aromatic rings. The third-order valence-electron chi connectivity index (χ3n) is 5.30. The van der Waals surface area contributed by atoms with E-state index in [-0.39, 0.29) is 17.7 Å². The summed E-state index contributed by atoms with van der Waals surface area (Å²) in [4.78, 5) is 18.2. The fourth-order valence-corrected chi connectivity index (χ4v) is 3.35. The molecule has 1 amide bonds. The molecule has 10 nitrogen and oxygen atoms in total. The summed E-state index contributed by atoms with van der Waals surface area (Å²) in [6.45, 7) is 2.04. The maximum absolute atomic E-state index is 12.0. The zero-order chi connectivity index (χ0) is 19.7. The van der Waals surface area contributed by atoms with Crippen molar-refractivity contribution >= 4 is 23.7 Å². The fraction of sp³-hybridized carbons (Fsp3) is 0.611. The van der Waals surface area contributed by atoms with Crippen LogP contribution in [0.3, 0.4) is 0 Å². The second-order valence-electron chi connectivity index (χ2n) is 8.09. The van der Waals surface area contributed by atoms with Gasteiger partial charge in [0.25, 0.3) is 0 Å². The molecule has 2 aliphatic rings. The summed E-state index contributed by atoms with van der Waals surface area (Å²) in [7, 11) is 3.72. The van der Waals surface area contributed by atoms with Crippen LogP contribution in [0.5, 0.6) is 0 Å². The molecule has 0 saturated heterocycles. The normalized spacial score (nSPS) is 22.5. The Labute approximate surface area is 163 Å². The van der Waals surface area contributed by atoms with Gasteiger partial charge in [0.05, 0.1) is 6.20 Å². The summed E-state index contributed by atoms with van der Waals surface area (Å²) in [5.41, 5.74) is 0.972. The molecule has 150 valence electrons. The van der Waals surface area contributed by atoms with Gasteiger partial charge in [-0.2, -0.15) is 15.2 Å². The molecule has 0 spiro atoms. The number of amides is 1. The van der Waals surface area contributed by atoms with Crippen LogP contribution in [0.15, 0.2) is 12.3 Å². The molecule has 0 unspecified atom stereocenters. The molecular weight excluding hydrogens is 360 g/mol. The molecule has 2 heterocycles. The maximum Gasteiger partial charge on any atom is 0.407 e. The number of anilines is 3. The van der Waals surface area contributed by atoms with Gasteiger partial charge in [0, 0.05) is 37.3 Å². The van der Waals surface area contributed by atoms with Crippen molar-refractivity contribution in [2.24, 2.45) is 0 Å². The first-order chi connectivity index (χ1) is 13.4. The second kappa shape index (κ2) is 7.25. The largest absolute Gasteiger partial charge is 0.446 e. The molecule has 0 bridgehead atoms. The summed E-state index contributed by atoms with van der Waals surface area (Å²) in [6, 6.07) is 1.97. The standard InChI is InChI=1S/C18H26N8O2/c1-18(6-7-18)22-17(27)28-12-5-4-11(8-12)13-9-14(24-23-13)20-15-10-19-25-16(21-15)26(2)3/h9-12H,4-8H2,1-3H3,(H,22,27)(H2,20,21,23,24,25)/t11-,12+/m0/s1. The van der Waals surface area contributed by atoms with Crippen molar-refractivity contribution in [1.82, 2.24) is 30.7 Å². The minimum atomic E-state index is -0.300. The Bertz CT molecular complexity index is 848. The third kappa shape index (κ3) is 4.32. The number of ether oxygens (including phenoxy) is 1. The quantitative estimate of drug-likeness (QED) is 0.692. The number of H-pyrrole nitrogens is 1. The molecule has 0 aromatic carbocycles. The van der Waals surface area contributed by atoms with E-state index >= 15 is 0 Å². The van der Waals surface area contributed by atoms with E-state index in [1.54, 1.807) is 11.1 Å². The van der Waals surface area contributed by atoms with E-state index in [1.165, 1.54) is 0 Å². The van der Waals surface area contributed by atoms with Gasteiger partial charge in [-0.25, -0.2) is 4.79 Å². The van der Waals surface area contributed by atoms with Crippen LogP contribution in [0.2, 0.25) is 0 Å². The van der Waals surface area contributed by atoms with Gasteiger partial charge in [-0.1, -0.05) is 0 Å². The lowest BCUT2D eigenvalue weighted by molar-refractivity contribution is 0.0967. The lowest BCUT2D eigenvalue weighted by Gasteiger charge is -2.16. The van der Waals surface area contributed by atoms with E-state index in [0.29, 0.717) is 23.5 Å². The number of aromatic amines is 1. The molecule has 10 heteroatoms. The monoisotopic (exact) mass is 386 g/mol. The van der Waals surface area contributed by atoms with Crippen LogP contribution in [0.25, 0.3) is 0 Å². The molecule has 2 fully saturated rings. The van der Waals surface area contributed by atoms with Gasteiger partial charge in [0.2, 0.25) is 5.95 Å². The lowest BCUT2D eigenvalue weighted by atomic mass is 10.0. The number of nitrogens with zero attached hydrogens (tertiary/aromatic N) is 5. The van der Waals surface area contributed by atoms with Crippen LogP contribution >= 0.6 is 0 Å². The molecular formula is C18H26N8O2. The Hall–Kier alpha value is -2.91. The molecule has 4 rings (SSSR count). The number of nitrogens with one attached hydrogen (secondary N) is 3. The van der Waals surface area contributed by atoms with Crippen molar-refractivity contribution in [2.75, 3.05) is 24.3 Å². The van der Waals surface area contributed by atoms with Crippen molar-refractivity contribution in [2.45, 2.75) is 56.6 Å². The van der Waals surface area contributed by atoms with Gasteiger partial charge >= 0.3 is 6.09 Å². The Morgan fingerprint density at radius 1 is 1.32 bits per heavy atom. The zero-order valence-electron chi connectivity index (χ0n) is 16.4. The summed E-state index contributed by atoms with van der Waals surface area (Å²) in [6.07, 6.45) is 5.86. The number of aromatic nitrogens is 5. The van der Waals surface area contributed by atoms with Gasteiger partial charge in [0.1, 0.15) is 6.10 Å². The van der Waals surface area contributed by atoms with Crippen LogP contribution in [0.4, 0.5) is 22.4 Å². The van der Waals surface area contributed by atoms with E-state index in [9.17, 15) is 4.79 Å². The number of carbonyl (C=O) groups is 1. The van der Waals surface area contributed by atoms with E-state index in [4.69, 9.17) is 4.74 Å². The van der Waals surface area contributed by atoms with Crippen LogP contribution in [0, 0.1) is 0 Å². The van der Waals surface area contributed by atoms with Crippen molar-refractivity contribution in [1.29, 1.82) is 0 Å². The first-order valence-corrected chi connectivity index (χ1v) is 9.58. The highest BCUT2D eigenvalue weighted by atomic mass is 16.6. The number of alkyl carbamates (subject to hydrolysis) is 1. The SMILES string of the molecule is CN(C)c1nncc(Nc2cc([C@H]3CC[C@@H](OC(=O)NC4(C)CC4)C3)[nH]n2)n1. The summed E-state index contributed by atoms with van der Waals surface area (Å²) in [5, 5.41) is 21.4. The van der Waals surface area contributed by atoms with Gasteiger partial charge < -0.3 is 20.3 Å². The number of hydrogen-bond acceptors (Lipinski definition) is 8. The maximum atomic E-state index is 12.0. The van der Waals surface area contributed by atoms with Gasteiger partial charge in [-0.3, -0.25) is 5.10 Å². The van der Waals surface area contributed by atoms with E-state index in [2.05, 4.69) is 36.0 Å². The Kier molecular flexibility index (Phi) is 4.78. The van der Waals surface area contributed by atoms with E-state index < -0.39 is 0 Å². The van der Waals surface area contributed by atoms with Gasteiger partial charge in [0.15, 0.2) is 11.6 Å². The van der Waals surface area contributed by atoms with Crippen LogP contribution in [-0.4, -0.2) is 57.2 Å². The fourth-order valence-electron chi connectivity index (χ4n) is 3.35. The Balaban J connectivity index is 1.32. The molecule has 2 atom stereocenters. The third-order valence-corrected chi connectivity index (χ3v) is 5.30. The van der Waals surface area contributed by atoms with Crippen molar-refractivity contribution in [3.8, 4) is 0 Å². The minimum Gasteiger partial charge on any atom is -0.446 e. The van der Waals surface area contributed by atoms with Crippen molar-refractivity contribution in [3.63, 3.8) is 0 Å². The Morgan fingerprint density at radius 2 is 2.14 bits per heavy atom. The predicted molar refractivity (Wildman–Crippen MR) is 104 cm³/mol. The molecule has 0 aliphatic heterocycles. The first-order valence-electron chi connectivity index (χ1n) is 9.58. The van der Waals surface area contributed by atoms with Crippen LogP contribution in [-0.2, 0) is 4.74 Å². The minimum absolute atomic E-state index is 0.0542. The average molecular weight is 386 g/mol. The molecule has 3 N–H and O–H groups in total. The van der Waals surface area contributed by atoms with Gasteiger partial charge in [-0.05, 0) is 39.0 Å². The topological polar surface area (TPSA) is 121 Å². The smallest absolute Gasteiger partial charge is 0.407 e. The summed E-state index contributed by atoms with van der Waals surface area (Å²) >= 11 is 0. The molecule has 2 aromatic heterocycles. The summed E-state index contributed by atoms with van der Waals surface area (Å²) in [5.74, 6) is 2.06. The highest BCUT2D eigenvalue weighted by Gasteiger charge is 2.40. The molecule has 2 saturated carbocycles. The molecule has 0 radical (unpaired) electrons. The number of carbonyl (C=O) groups excluding carboxylic acids is 1. The predicted octanol–water partition coefficient (Wildman–Crippen LogP) is 2.32. The highest BCUT2D eigenvalue weighted by Crippen LogP contribution is 2.37. The van der Waals surface area contributed by atoms with Crippen molar-refractivity contribution < 1.29 is 9.53 Å². The summed E-state index contributed by atoms with van der Waals surface area (Å²) < 4.78 is 5.59. The molecule has 28 heavy (non-hydrogen) atoms. The number of rotatable bonds is 6. The van der Waals surface area contributed by atoms with Crippen LogP contribution in [0.1, 0.15) is 50.6 Å². The van der Waals surface area contributed by atoms with E-state index in [1.807, 2.05) is 27.1 Å². The first kappa shape index (κ1) is 18.5. The Morgan fingerprint density at radius 3 is 2.89 bits per heavy atom. The van der Waals surface area contributed by atoms with Crippen LogP contribution < -0.4 is 15.5 Å². The van der Waals surface area contributed by atoms with Gasteiger partial charge in [-0.15, -0.1) is 5.10 Å².